The smallest absolute Gasteiger partial charge is 0.310 e. The van der Waals surface area contributed by atoms with E-state index in [2.05, 4.69) is 5.32 Å². The fraction of sp³-hybridized carbons (Fsp3) is 0.286. The fourth-order valence-electron chi connectivity index (χ4n) is 2.75. The van der Waals surface area contributed by atoms with Gasteiger partial charge < -0.3 is 15.0 Å². The molecular formula is C21H23FN2O4. The van der Waals surface area contributed by atoms with Gasteiger partial charge in [-0.1, -0.05) is 25.1 Å². The third kappa shape index (κ3) is 5.90. The molecule has 7 heteroatoms. The number of rotatable bonds is 7. The Hall–Kier alpha value is -3.22. The molecule has 0 radical (unpaired) electrons. The second kappa shape index (κ2) is 9.64. The molecule has 0 bridgehead atoms. The molecule has 1 unspecified atom stereocenters. The lowest BCUT2D eigenvalue weighted by molar-refractivity contribution is -0.145. The minimum absolute atomic E-state index is 0.132. The zero-order valence-corrected chi connectivity index (χ0v) is 16.1. The van der Waals surface area contributed by atoms with Gasteiger partial charge in [-0.2, -0.15) is 0 Å². The normalized spacial score (nSPS) is 11.4. The highest BCUT2D eigenvalue weighted by Crippen LogP contribution is 2.17. The van der Waals surface area contributed by atoms with Gasteiger partial charge in [0.2, 0.25) is 5.91 Å². The molecule has 0 fully saturated rings. The summed E-state index contributed by atoms with van der Waals surface area (Å²) in [6.45, 7) is 3.38. The minimum atomic E-state index is -0.534. The van der Waals surface area contributed by atoms with Crippen molar-refractivity contribution in [2.45, 2.75) is 20.4 Å². The summed E-state index contributed by atoms with van der Waals surface area (Å²) in [5.74, 6) is -1.89. The van der Waals surface area contributed by atoms with Crippen molar-refractivity contribution in [3.05, 3.63) is 65.5 Å². The van der Waals surface area contributed by atoms with Crippen molar-refractivity contribution in [2.24, 2.45) is 5.92 Å². The third-order valence-corrected chi connectivity index (χ3v) is 4.10. The molecule has 0 saturated carbocycles. The van der Waals surface area contributed by atoms with Gasteiger partial charge in [-0.25, -0.2) is 4.39 Å². The van der Waals surface area contributed by atoms with E-state index in [4.69, 9.17) is 4.74 Å². The minimum Gasteiger partial charge on any atom is -0.469 e. The molecule has 1 N–H and O–H groups in total. The van der Waals surface area contributed by atoms with Gasteiger partial charge in [0, 0.05) is 31.3 Å². The molecule has 6 nitrogen and oxygen atoms in total. The Morgan fingerprint density at radius 1 is 1.14 bits per heavy atom. The Bertz CT molecular complexity index is 852. The van der Waals surface area contributed by atoms with E-state index in [0.29, 0.717) is 11.3 Å². The van der Waals surface area contributed by atoms with Crippen LogP contribution in [0.2, 0.25) is 0 Å². The fourth-order valence-corrected chi connectivity index (χ4v) is 2.75. The number of nitrogens with zero attached hydrogens (tertiary/aromatic N) is 1. The van der Waals surface area contributed by atoms with Crippen LogP contribution in [0.25, 0.3) is 0 Å². The monoisotopic (exact) mass is 386 g/mol. The number of halogens is 1. The third-order valence-electron chi connectivity index (χ3n) is 4.10. The summed E-state index contributed by atoms with van der Waals surface area (Å²) in [5.41, 5.74) is 1.59. The summed E-state index contributed by atoms with van der Waals surface area (Å²) in [4.78, 5) is 37.7. The van der Waals surface area contributed by atoms with Crippen LogP contribution < -0.4 is 5.32 Å². The number of nitrogens with one attached hydrogen (secondary N) is 1. The first-order valence-corrected chi connectivity index (χ1v) is 8.79. The maximum absolute atomic E-state index is 13.2. The maximum Gasteiger partial charge on any atom is 0.310 e. The van der Waals surface area contributed by atoms with Gasteiger partial charge in [0.15, 0.2) is 0 Å². The van der Waals surface area contributed by atoms with Crippen LogP contribution in [0.5, 0.6) is 0 Å². The van der Waals surface area contributed by atoms with E-state index in [1.54, 1.807) is 43.3 Å². The van der Waals surface area contributed by atoms with Crippen molar-refractivity contribution in [3.63, 3.8) is 0 Å². The lowest BCUT2D eigenvalue weighted by Crippen LogP contribution is -2.37. The molecule has 1 atom stereocenters. The zero-order valence-electron chi connectivity index (χ0n) is 16.1. The number of ether oxygens (including phenoxy) is 1. The van der Waals surface area contributed by atoms with E-state index >= 15 is 0 Å². The summed E-state index contributed by atoms with van der Waals surface area (Å²) >= 11 is 0. The predicted molar refractivity (Wildman–Crippen MR) is 103 cm³/mol. The number of methoxy groups -OCH3 is 1. The molecule has 2 rings (SSSR count). The summed E-state index contributed by atoms with van der Waals surface area (Å²) in [6, 6.07) is 12.4. The van der Waals surface area contributed by atoms with E-state index in [1.165, 1.54) is 31.1 Å². The SMILES string of the molecule is COC(=O)C(C)CN(Cc1ccc(F)cc1)C(=O)c1cccc(NC(C)=O)c1. The van der Waals surface area contributed by atoms with Crippen molar-refractivity contribution in [1.82, 2.24) is 4.90 Å². The largest absolute Gasteiger partial charge is 0.469 e. The molecule has 0 aliphatic heterocycles. The molecular weight excluding hydrogens is 363 g/mol. The molecule has 0 saturated heterocycles. The number of benzene rings is 2. The molecule has 0 spiro atoms. The van der Waals surface area contributed by atoms with Crippen LogP contribution in [-0.2, 0) is 20.9 Å². The molecule has 0 aliphatic rings. The van der Waals surface area contributed by atoms with Crippen LogP contribution in [-0.4, -0.2) is 36.3 Å². The van der Waals surface area contributed by atoms with Gasteiger partial charge in [-0.15, -0.1) is 0 Å². The van der Waals surface area contributed by atoms with Crippen LogP contribution >= 0.6 is 0 Å². The van der Waals surface area contributed by atoms with E-state index in [1.807, 2.05) is 0 Å². The molecule has 0 aromatic heterocycles. The second-order valence-electron chi connectivity index (χ2n) is 6.50. The number of hydrogen-bond donors (Lipinski definition) is 1. The molecule has 2 aromatic carbocycles. The van der Waals surface area contributed by atoms with Gasteiger partial charge in [0.25, 0.3) is 5.91 Å². The topological polar surface area (TPSA) is 75.7 Å². The number of esters is 1. The standard InChI is InChI=1S/C21H23FN2O4/c1-14(21(27)28-3)12-24(13-16-7-9-18(22)10-8-16)20(26)17-5-4-6-19(11-17)23-15(2)25/h4-11,14H,12-13H2,1-3H3,(H,23,25). The van der Waals surface area contributed by atoms with Crippen LogP contribution in [0.15, 0.2) is 48.5 Å². The van der Waals surface area contributed by atoms with Crippen molar-refractivity contribution in [1.29, 1.82) is 0 Å². The van der Waals surface area contributed by atoms with Gasteiger partial charge in [0.1, 0.15) is 5.82 Å². The van der Waals surface area contributed by atoms with E-state index in [0.717, 1.165) is 5.56 Å². The van der Waals surface area contributed by atoms with Crippen LogP contribution in [0.1, 0.15) is 29.8 Å². The first-order valence-electron chi connectivity index (χ1n) is 8.79. The van der Waals surface area contributed by atoms with Gasteiger partial charge in [-0.05, 0) is 35.9 Å². The number of anilines is 1. The molecule has 0 aliphatic carbocycles. The lowest BCUT2D eigenvalue weighted by Gasteiger charge is -2.25. The number of hydrogen-bond acceptors (Lipinski definition) is 4. The zero-order chi connectivity index (χ0) is 20.7. The van der Waals surface area contributed by atoms with Gasteiger partial charge >= 0.3 is 5.97 Å². The molecule has 0 heterocycles. The average molecular weight is 386 g/mol. The average Bonchev–Trinajstić information content (AvgIpc) is 2.67. The molecule has 2 aromatic rings. The van der Waals surface area contributed by atoms with Crippen LogP contribution in [0, 0.1) is 11.7 Å². The summed E-state index contributed by atoms with van der Waals surface area (Å²) in [5, 5.41) is 2.64. The van der Waals surface area contributed by atoms with Crippen molar-refractivity contribution >= 4 is 23.5 Å². The second-order valence-corrected chi connectivity index (χ2v) is 6.50. The van der Waals surface area contributed by atoms with Crippen LogP contribution in [0.3, 0.4) is 0 Å². The van der Waals surface area contributed by atoms with Crippen molar-refractivity contribution < 1.29 is 23.5 Å². The van der Waals surface area contributed by atoms with Crippen molar-refractivity contribution in [3.8, 4) is 0 Å². The highest BCUT2D eigenvalue weighted by molar-refractivity contribution is 5.97. The van der Waals surface area contributed by atoms with E-state index in [9.17, 15) is 18.8 Å². The van der Waals surface area contributed by atoms with Crippen molar-refractivity contribution in [2.75, 3.05) is 19.0 Å². The highest BCUT2D eigenvalue weighted by atomic mass is 19.1. The molecule has 28 heavy (non-hydrogen) atoms. The molecule has 148 valence electrons. The highest BCUT2D eigenvalue weighted by Gasteiger charge is 2.23. The van der Waals surface area contributed by atoms with Crippen LogP contribution in [0.4, 0.5) is 10.1 Å². The summed E-state index contributed by atoms with van der Waals surface area (Å²) in [7, 11) is 1.29. The quantitative estimate of drug-likeness (QED) is 0.742. The van der Waals surface area contributed by atoms with Gasteiger partial charge in [-0.3, -0.25) is 14.4 Å². The number of carbonyl (C=O) groups excluding carboxylic acids is 3. The van der Waals surface area contributed by atoms with Gasteiger partial charge in [0.05, 0.1) is 13.0 Å². The Morgan fingerprint density at radius 3 is 2.43 bits per heavy atom. The Morgan fingerprint density at radius 2 is 1.82 bits per heavy atom. The Kier molecular flexibility index (Phi) is 7.26. The lowest BCUT2D eigenvalue weighted by atomic mass is 10.1. The van der Waals surface area contributed by atoms with E-state index in [-0.39, 0.29) is 30.7 Å². The maximum atomic E-state index is 13.2. The number of amides is 2. The summed E-state index contributed by atoms with van der Waals surface area (Å²) in [6.07, 6.45) is 0. The summed E-state index contributed by atoms with van der Waals surface area (Å²) < 4.78 is 17.9. The predicted octanol–water partition coefficient (Wildman–Crippen LogP) is 3.24. The number of carbonyl (C=O) groups is 3. The first-order chi connectivity index (χ1) is 13.3. The van der Waals surface area contributed by atoms with E-state index < -0.39 is 11.9 Å². The first kappa shape index (κ1) is 21.1. The Balaban J connectivity index is 2.28. The molecule has 2 amide bonds. The Labute approximate surface area is 163 Å².